The van der Waals surface area contributed by atoms with E-state index >= 15 is 0 Å². The number of nitrogens with zero attached hydrogens (tertiary/aromatic N) is 2. The molecule has 0 aromatic carbocycles. The Bertz CT molecular complexity index is 299. The van der Waals surface area contributed by atoms with Gasteiger partial charge in [0, 0.05) is 17.6 Å². The molecule has 12 heavy (non-hydrogen) atoms. The molecule has 1 heterocycles. The van der Waals surface area contributed by atoms with E-state index in [0.29, 0.717) is 16.6 Å². The molecule has 0 saturated carbocycles. The number of hydrogen-bond donors (Lipinski definition) is 1. The average Bonchev–Trinajstić information content (AvgIpc) is 2.03. The third-order valence-corrected chi connectivity index (χ3v) is 1.65. The Morgan fingerprint density at radius 3 is 2.92 bits per heavy atom. The van der Waals surface area contributed by atoms with E-state index in [9.17, 15) is 0 Å². The van der Waals surface area contributed by atoms with Gasteiger partial charge in [-0.15, -0.1) is 11.6 Å². The molecule has 1 aromatic heterocycles. The number of rotatable bonds is 2. The maximum Gasteiger partial charge on any atom is 0.221 e. The smallest absolute Gasteiger partial charge is 0.221 e. The average molecular weight is 204 g/mol. The van der Waals surface area contributed by atoms with E-state index in [1.807, 2.05) is 0 Å². The molecule has 0 fully saturated rings. The number of halogens is 2. The fourth-order valence-electron chi connectivity index (χ4n) is 0.666. The Morgan fingerprint density at radius 2 is 2.33 bits per heavy atom. The van der Waals surface area contributed by atoms with Gasteiger partial charge < -0.3 is 5.73 Å². The number of allylic oxidation sites excluding steroid dienone is 1. The number of hydrogen-bond acceptors (Lipinski definition) is 3. The number of alkyl halides is 1. The first-order chi connectivity index (χ1) is 5.74. The van der Waals surface area contributed by atoms with E-state index in [0.717, 1.165) is 0 Å². The van der Waals surface area contributed by atoms with Crippen LogP contribution in [0.1, 0.15) is 5.56 Å². The first-order valence-electron chi connectivity index (χ1n) is 3.24. The highest BCUT2D eigenvalue weighted by atomic mass is 35.5. The minimum atomic E-state index is 0.169. The normalized spacial score (nSPS) is 10.8. The van der Waals surface area contributed by atoms with Gasteiger partial charge in [-0.1, -0.05) is 23.8 Å². The monoisotopic (exact) mass is 203 g/mol. The van der Waals surface area contributed by atoms with Crippen LogP contribution in [-0.2, 0) is 0 Å². The molecule has 0 unspecified atom stereocenters. The van der Waals surface area contributed by atoms with Crippen LogP contribution in [0.15, 0.2) is 12.3 Å². The van der Waals surface area contributed by atoms with Gasteiger partial charge in [0.25, 0.3) is 0 Å². The van der Waals surface area contributed by atoms with Crippen LogP contribution < -0.4 is 5.73 Å². The number of anilines is 1. The molecular weight excluding hydrogens is 197 g/mol. The van der Waals surface area contributed by atoms with E-state index in [1.165, 1.54) is 0 Å². The molecule has 3 nitrogen and oxygen atoms in total. The molecule has 0 saturated heterocycles. The lowest BCUT2D eigenvalue weighted by Crippen LogP contribution is -1.95. The summed E-state index contributed by atoms with van der Waals surface area (Å²) in [6.45, 7) is 0. The van der Waals surface area contributed by atoms with Gasteiger partial charge in [0.05, 0.1) is 0 Å². The van der Waals surface area contributed by atoms with Crippen LogP contribution in [0.3, 0.4) is 0 Å². The second-order valence-corrected chi connectivity index (χ2v) is 2.70. The quantitative estimate of drug-likeness (QED) is 0.591. The first-order valence-corrected chi connectivity index (χ1v) is 4.16. The highest BCUT2D eigenvalue weighted by Crippen LogP contribution is 2.13. The molecule has 0 atom stereocenters. The van der Waals surface area contributed by atoms with Crippen molar-refractivity contribution in [2.45, 2.75) is 0 Å². The van der Waals surface area contributed by atoms with Crippen molar-refractivity contribution >= 4 is 35.2 Å². The van der Waals surface area contributed by atoms with Crippen LogP contribution in [0.25, 0.3) is 6.08 Å². The van der Waals surface area contributed by atoms with Gasteiger partial charge in [0.1, 0.15) is 5.15 Å². The molecule has 0 amide bonds. The van der Waals surface area contributed by atoms with Crippen molar-refractivity contribution in [2.24, 2.45) is 0 Å². The maximum absolute atomic E-state index is 5.74. The summed E-state index contributed by atoms with van der Waals surface area (Å²) >= 11 is 11.2. The van der Waals surface area contributed by atoms with Crippen molar-refractivity contribution in [3.8, 4) is 0 Å². The van der Waals surface area contributed by atoms with Crippen LogP contribution in [0.5, 0.6) is 0 Å². The van der Waals surface area contributed by atoms with Crippen LogP contribution in [-0.4, -0.2) is 15.8 Å². The van der Waals surface area contributed by atoms with E-state index in [-0.39, 0.29) is 5.95 Å². The minimum Gasteiger partial charge on any atom is -0.368 e. The standard InChI is InChI=1S/C7H7Cl2N3/c8-3-1-2-5-4-11-7(10)12-6(5)9/h1-2,4H,3H2,(H2,10,11,12). The van der Waals surface area contributed by atoms with Gasteiger partial charge in [-0.3, -0.25) is 0 Å². The zero-order valence-electron chi connectivity index (χ0n) is 6.17. The molecular formula is C7H7Cl2N3. The largest absolute Gasteiger partial charge is 0.368 e. The lowest BCUT2D eigenvalue weighted by molar-refractivity contribution is 1.18. The first kappa shape index (κ1) is 9.29. The Morgan fingerprint density at radius 1 is 1.58 bits per heavy atom. The second-order valence-electron chi connectivity index (χ2n) is 2.03. The van der Waals surface area contributed by atoms with E-state index in [2.05, 4.69) is 9.97 Å². The highest BCUT2D eigenvalue weighted by Gasteiger charge is 1.98. The Hall–Kier alpha value is -0.800. The van der Waals surface area contributed by atoms with Gasteiger partial charge in [-0.25, -0.2) is 9.97 Å². The Labute approximate surface area is 80.2 Å². The molecule has 64 valence electrons. The zero-order chi connectivity index (χ0) is 8.97. The third-order valence-electron chi connectivity index (χ3n) is 1.17. The molecule has 0 bridgehead atoms. The SMILES string of the molecule is Nc1ncc(C=CCCl)c(Cl)n1. The molecule has 1 aromatic rings. The summed E-state index contributed by atoms with van der Waals surface area (Å²) in [5, 5.41) is 0.337. The summed E-state index contributed by atoms with van der Waals surface area (Å²) in [5.74, 6) is 0.601. The summed E-state index contributed by atoms with van der Waals surface area (Å²) in [7, 11) is 0. The van der Waals surface area contributed by atoms with E-state index in [4.69, 9.17) is 28.9 Å². The minimum absolute atomic E-state index is 0.169. The van der Waals surface area contributed by atoms with Gasteiger partial charge >= 0.3 is 0 Å². The van der Waals surface area contributed by atoms with Crippen molar-refractivity contribution in [1.82, 2.24) is 9.97 Å². The lowest BCUT2D eigenvalue weighted by Gasteiger charge is -1.96. The Kier molecular flexibility index (Phi) is 3.31. The number of aromatic nitrogens is 2. The summed E-state index contributed by atoms with van der Waals surface area (Å²) in [4.78, 5) is 7.54. The second kappa shape index (κ2) is 4.28. The van der Waals surface area contributed by atoms with Crippen LogP contribution in [0.4, 0.5) is 5.95 Å². The van der Waals surface area contributed by atoms with Crippen molar-refractivity contribution in [3.63, 3.8) is 0 Å². The molecule has 0 spiro atoms. The maximum atomic E-state index is 5.74. The molecule has 0 aliphatic carbocycles. The van der Waals surface area contributed by atoms with Crippen LogP contribution >= 0.6 is 23.2 Å². The van der Waals surface area contributed by atoms with Gasteiger partial charge in [0.15, 0.2) is 0 Å². The van der Waals surface area contributed by atoms with Crippen molar-refractivity contribution < 1.29 is 0 Å². The highest BCUT2D eigenvalue weighted by molar-refractivity contribution is 6.30. The predicted molar refractivity (Wildman–Crippen MR) is 51.2 cm³/mol. The summed E-state index contributed by atoms with van der Waals surface area (Å²) in [5.41, 5.74) is 6.01. The summed E-state index contributed by atoms with van der Waals surface area (Å²) < 4.78 is 0. The number of nitrogens with two attached hydrogens (primary N) is 1. The third kappa shape index (κ3) is 2.36. The predicted octanol–water partition coefficient (Wildman–Crippen LogP) is 1.96. The van der Waals surface area contributed by atoms with Crippen molar-refractivity contribution in [1.29, 1.82) is 0 Å². The fraction of sp³-hybridized carbons (Fsp3) is 0.143. The van der Waals surface area contributed by atoms with Crippen molar-refractivity contribution in [2.75, 3.05) is 11.6 Å². The molecule has 0 aliphatic heterocycles. The van der Waals surface area contributed by atoms with E-state index in [1.54, 1.807) is 18.3 Å². The van der Waals surface area contributed by atoms with Gasteiger partial charge in [-0.2, -0.15) is 0 Å². The van der Waals surface area contributed by atoms with Crippen molar-refractivity contribution in [3.05, 3.63) is 23.0 Å². The molecule has 0 radical (unpaired) electrons. The molecule has 5 heteroatoms. The summed E-state index contributed by atoms with van der Waals surface area (Å²) in [6, 6.07) is 0. The lowest BCUT2D eigenvalue weighted by atomic mass is 10.3. The van der Waals surface area contributed by atoms with Gasteiger partial charge in [0.2, 0.25) is 5.95 Å². The molecule has 1 rings (SSSR count). The summed E-state index contributed by atoms with van der Waals surface area (Å²) in [6.07, 6.45) is 5.05. The molecule has 2 N–H and O–H groups in total. The van der Waals surface area contributed by atoms with E-state index < -0.39 is 0 Å². The van der Waals surface area contributed by atoms with Gasteiger partial charge in [-0.05, 0) is 0 Å². The molecule has 0 aliphatic rings. The van der Waals surface area contributed by atoms with Crippen LogP contribution in [0, 0.1) is 0 Å². The topological polar surface area (TPSA) is 51.8 Å². The Balaban J connectivity index is 2.94. The fourth-order valence-corrected chi connectivity index (χ4v) is 0.954. The zero-order valence-corrected chi connectivity index (χ0v) is 7.68. The van der Waals surface area contributed by atoms with Crippen LogP contribution in [0.2, 0.25) is 5.15 Å². The number of nitrogen functional groups attached to an aromatic ring is 1.